The van der Waals surface area contributed by atoms with Crippen LogP contribution in [0.4, 0.5) is 5.69 Å². The second-order valence-electron chi connectivity index (χ2n) is 4.64. The molecule has 1 atom stereocenters. The number of aliphatic hydroxyl groups is 1. The standard InChI is InChI=1S/C14H24N2O2/c1-11-7-12(8-15-2)5-6-14(11)16(3)9-13(17)10-18-4/h5-7,13,15,17H,8-10H2,1-4H3. The zero-order valence-corrected chi connectivity index (χ0v) is 11.7. The maximum atomic E-state index is 9.73. The highest BCUT2D eigenvalue weighted by atomic mass is 16.5. The molecule has 2 N–H and O–H groups in total. The number of methoxy groups -OCH3 is 1. The molecule has 0 heterocycles. The van der Waals surface area contributed by atoms with Crippen LogP contribution in [-0.4, -0.2) is 45.6 Å². The molecule has 1 aromatic rings. The fraction of sp³-hybridized carbons (Fsp3) is 0.571. The van der Waals surface area contributed by atoms with Gasteiger partial charge in [-0.2, -0.15) is 0 Å². The summed E-state index contributed by atoms with van der Waals surface area (Å²) in [6.45, 7) is 3.89. The lowest BCUT2D eigenvalue weighted by molar-refractivity contribution is 0.0695. The minimum absolute atomic E-state index is 0.362. The Balaban J connectivity index is 2.70. The molecule has 1 unspecified atom stereocenters. The SMILES string of the molecule is CNCc1ccc(N(C)CC(O)COC)c(C)c1. The second-order valence-corrected chi connectivity index (χ2v) is 4.64. The number of hydrogen-bond acceptors (Lipinski definition) is 4. The molecule has 18 heavy (non-hydrogen) atoms. The largest absolute Gasteiger partial charge is 0.389 e. The molecule has 0 saturated heterocycles. The van der Waals surface area contributed by atoms with Gasteiger partial charge in [-0.25, -0.2) is 0 Å². The van der Waals surface area contributed by atoms with Crippen molar-refractivity contribution in [2.75, 3.05) is 39.3 Å². The Morgan fingerprint density at radius 1 is 1.44 bits per heavy atom. The molecule has 102 valence electrons. The zero-order chi connectivity index (χ0) is 13.5. The van der Waals surface area contributed by atoms with Crippen LogP contribution in [-0.2, 0) is 11.3 Å². The van der Waals surface area contributed by atoms with Crippen LogP contribution < -0.4 is 10.2 Å². The van der Waals surface area contributed by atoms with Crippen LogP contribution in [0.25, 0.3) is 0 Å². The van der Waals surface area contributed by atoms with Crippen LogP contribution in [0.5, 0.6) is 0 Å². The van der Waals surface area contributed by atoms with E-state index >= 15 is 0 Å². The minimum atomic E-state index is -0.462. The molecule has 0 amide bonds. The minimum Gasteiger partial charge on any atom is -0.389 e. The highest BCUT2D eigenvalue weighted by Gasteiger charge is 2.10. The van der Waals surface area contributed by atoms with Gasteiger partial charge in [0.2, 0.25) is 0 Å². The third kappa shape index (κ3) is 4.29. The van der Waals surface area contributed by atoms with E-state index in [9.17, 15) is 5.11 Å². The lowest BCUT2D eigenvalue weighted by Crippen LogP contribution is -2.32. The molecule has 1 aromatic carbocycles. The van der Waals surface area contributed by atoms with Crippen molar-refractivity contribution < 1.29 is 9.84 Å². The van der Waals surface area contributed by atoms with E-state index in [1.807, 2.05) is 14.1 Å². The van der Waals surface area contributed by atoms with E-state index < -0.39 is 6.10 Å². The number of likely N-dealkylation sites (N-methyl/N-ethyl adjacent to an activating group) is 1. The fourth-order valence-electron chi connectivity index (χ4n) is 2.12. The molecule has 4 nitrogen and oxygen atoms in total. The van der Waals surface area contributed by atoms with Gasteiger partial charge in [0.15, 0.2) is 0 Å². The van der Waals surface area contributed by atoms with Gasteiger partial charge >= 0.3 is 0 Å². The van der Waals surface area contributed by atoms with E-state index in [2.05, 4.69) is 35.3 Å². The van der Waals surface area contributed by atoms with Crippen molar-refractivity contribution in [3.05, 3.63) is 29.3 Å². The van der Waals surface area contributed by atoms with Crippen LogP contribution in [0, 0.1) is 6.92 Å². The third-order valence-electron chi connectivity index (χ3n) is 2.90. The predicted molar refractivity (Wildman–Crippen MR) is 75.1 cm³/mol. The van der Waals surface area contributed by atoms with Crippen molar-refractivity contribution in [2.45, 2.75) is 19.6 Å². The first-order valence-corrected chi connectivity index (χ1v) is 6.20. The molecular weight excluding hydrogens is 228 g/mol. The van der Waals surface area contributed by atoms with E-state index in [-0.39, 0.29) is 0 Å². The summed E-state index contributed by atoms with van der Waals surface area (Å²) in [5.74, 6) is 0. The first-order valence-electron chi connectivity index (χ1n) is 6.20. The van der Waals surface area contributed by atoms with Crippen molar-refractivity contribution in [3.63, 3.8) is 0 Å². The number of ether oxygens (including phenoxy) is 1. The molecule has 0 spiro atoms. The highest BCUT2D eigenvalue weighted by molar-refractivity contribution is 5.54. The Morgan fingerprint density at radius 2 is 2.17 bits per heavy atom. The summed E-state index contributed by atoms with van der Waals surface area (Å²) in [6.07, 6.45) is -0.462. The number of nitrogens with zero attached hydrogens (tertiary/aromatic N) is 1. The second kappa shape index (κ2) is 7.36. The van der Waals surface area contributed by atoms with Crippen LogP contribution in [0.15, 0.2) is 18.2 Å². The number of aryl methyl sites for hydroxylation is 1. The van der Waals surface area contributed by atoms with E-state index in [0.717, 1.165) is 12.2 Å². The van der Waals surface area contributed by atoms with E-state index in [0.29, 0.717) is 13.2 Å². The first-order chi connectivity index (χ1) is 8.58. The summed E-state index contributed by atoms with van der Waals surface area (Å²) in [6, 6.07) is 6.38. The highest BCUT2D eigenvalue weighted by Crippen LogP contribution is 2.20. The number of aliphatic hydroxyl groups excluding tert-OH is 1. The summed E-state index contributed by atoms with van der Waals surface area (Å²) in [5.41, 5.74) is 3.63. The molecule has 1 rings (SSSR count). The van der Waals surface area contributed by atoms with Crippen molar-refractivity contribution in [2.24, 2.45) is 0 Å². The zero-order valence-electron chi connectivity index (χ0n) is 11.7. The van der Waals surface area contributed by atoms with Crippen molar-refractivity contribution in [1.82, 2.24) is 5.32 Å². The van der Waals surface area contributed by atoms with Gasteiger partial charge in [0, 0.05) is 32.9 Å². The summed E-state index contributed by atoms with van der Waals surface area (Å²) in [5, 5.41) is 12.9. The van der Waals surface area contributed by atoms with E-state index in [4.69, 9.17) is 4.74 Å². The number of benzene rings is 1. The Kier molecular flexibility index (Phi) is 6.12. The van der Waals surface area contributed by atoms with Crippen molar-refractivity contribution >= 4 is 5.69 Å². The topological polar surface area (TPSA) is 44.7 Å². The van der Waals surface area contributed by atoms with Crippen LogP contribution in [0.1, 0.15) is 11.1 Å². The van der Waals surface area contributed by atoms with E-state index in [1.165, 1.54) is 11.1 Å². The molecule has 0 aliphatic heterocycles. The van der Waals surface area contributed by atoms with Gasteiger partial charge in [-0.05, 0) is 31.2 Å². The Hall–Kier alpha value is -1.10. The molecule has 0 bridgehead atoms. The smallest absolute Gasteiger partial charge is 0.0947 e. The van der Waals surface area contributed by atoms with Gasteiger partial charge in [0.05, 0.1) is 12.7 Å². The van der Waals surface area contributed by atoms with Gasteiger partial charge in [-0.1, -0.05) is 12.1 Å². The summed E-state index contributed by atoms with van der Waals surface area (Å²) in [4.78, 5) is 2.06. The van der Waals surface area contributed by atoms with Gasteiger partial charge in [-0.15, -0.1) is 0 Å². The summed E-state index contributed by atoms with van der Waals surface area (Å²) in [7, 11) is 5.52. The molecule has 0 aromatic heterocycles. The van der Waals surface area contributed by atoms with Gasteiger partial charge in [0.25, 0.3) is 0 Å². The van der Waals surface area contributed by atoms with Gasteiger partial charge in [-0.3, -0.25) is 0 Å². The van der Waals surface area contributed by atoms with Crippen molar-refractivity contribution in [1.29, 1.82) is 0 Å². The Morgan fingerprint density at radius 3 is 2.72 bits per heavy atom. The molecule has 0 radical (unpaired) electrons. The maximum absolute atomic E-state index is 9.73. The number of rotatable bonds is 7. The Bertz CT molecular complexity index is 369. The lowest BCUT2D eigenvalue weighted by Gasteiger charge is -2.24. The van der Waals surface area contributed by atoms with Crippen LogP contribution >= 0.6 is 0 Å². The normalized spacial score (nSPS) is 12.5. The number of anilines is 1. The van der Waals surface area contributed by atoms with E-state index in [1.54, 1.807) is 7.11 Å². The number of nitrogens with one attached hydrogen (secondary N) is 1. The predicted octanol–water partition coefficient (Wildman–Crippen LogP) is 1.16. The first kappa shape index (κ1) is 15.0. The van der Waals surface area contributed by atoms with Crippen LogP contribution in [0.3, 0.4) is 0 Å². The van der Waals surface area contributed by atoms with Crippen LogP contribution in [0.2, 0.25) is 0 Å². The molecule has 0 aliphatic rings. The maximum Gasteiger partial charge on any atom is 0.0947 e. The quantitative estimate of drug-likeness (QED) is 0.764. The monoisotopic (exact) mass is 252 g/mol. The fourth-order valence-corrected chi connectivity index (χ4v) is 2.12. The molecule has 4 heteroatoms. The average molecular weight is 252 g/mol. The Labute approximate surface area is 110 Å². The molecule has 0 saturated carbocycles. The number of hydrogen-bond donors (Lipinski definition) is 2. The molecule has 0 aliphatic carbocycles. The average Bonchev–Trinajstić information content (AvgIpc) is 2.29. The lowest BCUT2D eigenvalue weighted by atomic mass is 10.1. The summed E-state index contributed by atoms with van der Waals surface area (Å²) >= 11 is 0. The molecule has 0 fully saturated rings. The van der Waals surface area contributed by atoms with Gasteiger partial charge in [0.1, 0.15) is 0 Å². The van der Waals surface area contributed by atoms with Gasteiger partial charge < -0.3 is 20.1 Å². The molecular formula is C14H24N2O2. The van der Waals surface area contributed by atoms with Crippen molar-refractivity contribution in [3.8, 4) is 0 Å². The summed E-state index contributed by atoms with van der Waals surface area (Å²) < 4.78 is 4.94. The third-order valence-corrected chi connectivity index (χ3v) is 2.90.